The van der Waals surface area contributed by atoms with Crippen LogP contribution in [-0.4, -0.2) is 30.5 Å². The molecule has 0 aliphatic carbocycles. The second-order valence-electron chi connectivity index (χ2n) is 5.32. The molecule has 23 heavy (non-hydrogen) atoms. The molecule has 3 rings (SSSR count). The van der Waals surface area contributed by atoms with Crippen LogP contribution in [0.4, 0.5) is 0 Å². The van der Waals surface area contributed by atoms with Gasteiger partial charge in [0.25, 0.3) is 5.91 Å². The lowest BCUT2D eigenvalue weighted by Crippen LogP contribution is -2.28. The Labute approximate surface area is 134 Å². The Hall–Kier alpha value is -2.96. The van der Waals surface area contributed by atoms with Crippen molar-refractivity contribution >= 4 is 5.91 Å². The highest BCUT2D eigenvalue weighted by molar-refractivity contribution is 5.92. The van der Waals surface area contributed by atoms with Crippen molar-refractivity contribution in [2.45, 2.75) is 19.9 Å². The maximum absolute atomic E-state index is 12.3. The van der Waals surface area contributed by atoms with Crippen molar-refractivity contribution in [2.75, 3.05) is 0 Å². The van der Waals surface area contributed by atoms with E-state index in [2.05, 4.69) is 20.5 Å². The van der Waals surface area contributed by atoms with E-state index < -0.39 is 0 Å². The Morgan fingerprint density at radius 2 is 2.04 bits per heavy atom. The summed E-state index contributed by atoms with van der Waals surface area (Å²) in [6, 6.07) is 7.18. The monoisotopic (exact) mass is 310 g/mol. The lowest BCUT2D eigenvalue weighted by atomic mass is 10.1. The molecular formula is C16H18N6O. The minimum atomic E-state index is -0.171. The third-order valence-electron chi connectivity index (χ3n) is 3.78. The fourth-order valence-electron chi connectivity index (χ4n) is 2.50. The molecule has 0 bridgehead atoms. The normalized spacial score (nSPS) is 12.1. The molecule has 0 unspecified atom stereocenters. The van der Waals surface area contributed by atoms with Crippen LogP contribution in [0.25, 0.3) is 5.82 Å². The maximum atomic E-state index is 12.3. The summed E-state index contributed by atoms with van der Waals surface area (Å²) in [6.45, 7) is 3.89. The van der Waals surface area contributed by atoms with Crippen molar-refractivity contribution in [1.29, 1.82) is 0 Å². The van der Waals surface area contributed by atoms with E-state index in [4.69, 9.17) is 0 Å². The Balaban J connectivity index is 1.81. The molecule has 0 aliphatic heterocycles. The third-order valence-corrected chi connectivity index (χ3v) is 3.78. The van der Waals surface area contributed by atoms with Gasteiger partial charge in [0, 0.05) is 30.7 Å². The molecule has 0 spiro atoms. The number of nitrogens with zero attached hydrogens (tertiary/aromatic N) is 5. The number of hydrogen-bond acceptors (Lipinski definition) is 4. The molecule has 0 saturated carbocycles. The second kappa shape index (κ2) is 6.04. The highest BCUT2D eigenvalue weighted by atomic mass is 16.2. The molecule has 0 fully saturated rings. The molecule has 1 atom stereocenters. The lowest BCUT2D eigenvalue weighted by Gasteiger charge is -2.14. The molecule has 0 radical (unpaired) electrons. The predicted octanol–water partition coefficient (Wildman–Crippen LogP) is 1.80. The van der Waals surface area contributed by atoms with Gasteiger partial charge >= 0.3 is 0 Å². The summed E-state index contributed by atoms with van der Waals surface area (Å²) in [6.07, 6.45) is 5.09. The van der Waals surface area contributed by atoms with E-state index in [1.807, 2.05) is 32.0 Å². The largest absolute Gasteiger partial charge is 0.344 e. The van der Waals surface area contributed by atoms with Gasteiger partial charge in [-0.2, -0.15) is 10.2 Å². The van der Waals surface area contributed by atoms with Crippen LogP contribution in [0.1, 0.15) is 34.7 Å². The first-order valence-electron chi connectivity index (χ1n) is 7.32. The number of amides is 1. The summed E-state index contributed by atoms with van der Waals surface area (Å²) >= 11 is 0. The summed E-state index contributed by atoms with van der Waals surface area (Å²) in [5.74, 6) is 0.587. The van der Waals surface area contributed by atoms with Crippen LogP contribution in [0.5, 0.6) is 0 Å². The van der Waals surface area contributed by atoms with E-state index in [1.54, 1.807) is 41.1 Å². The Morgan fingerprint density at radius 1 is 1.22 bits per heavy atom. The smallest absolute Gasteiger partial charge is 0.270 e. The SMILES string of the molecule is Cc1c([C@@H](C)NC(=O)c2ccnn2C)cnn1-c1ccccn1. The molecule has 3 aromatic heterocycles. The number of aryl methyl sites for hydroxylation is 1. The summed E-state index contributed by atoms with van der Waals surface area (Å²) in [5.41, 5.74) is 2.42. The minimum Gasteiger partial charge on any atom is -0.344 e. The number of carbonyl (C=O) groups excluding carboxylic acids is 1. The first kappa shape index (κ1) is 15.0. The fourth-order valence-corrected chi connectivity index (χ4v) is 2.50. The topological polar surface area (TPSA) is 77.6 Å². The molecule has 118 valence electrons. The van der Waals surface area contributed by atoms with E-state index in [0.717, 1.165) is 17.1 Å². The van der Waals surface area contributed by atoms with Crippen LogP contribution < -0.4 is 5.32 Å². The van der Waals surface area contributed by atoms with E-state index in [-0.39, 0.29) is 11.9 Å². The number of hydrogen-bond donors (Lipinski definition) is 1. The van der Waals surface area contributed by atoms with Crippen LogP contribution in [0, 0.1) is 6.92 Å². The summed E-state index contributed by atoms with van der Waals surface area (Å²) in [7, 11) is 1.74. The molecule has 3 aromatic rings. The van der Waals surface area contributed by atoms with Gasteiger partial charge in [0.1, 0.15) is 5.69 Å². The Morgan fingerprint density at radius 3 is 2.70 bits per heavy atom. The first-order chi connectivity index (χ1) is 11.1. The van der Waals surface area contributed by atoms with Crippen molar-refractivity contribution in [3.63, 3.8) is 0 Å². The number of rotatable bonds is 4. The van der Waals surface area contributed by atoms with Crippen molar-refractivity contribution in [3.05, 3.63) is 59.8 Å². The van der Waals surface area contributed by atoms with Crippen molar-refractivity contribution in [3.8, 4) is 5.82 Å². The second-order valence-corrected chi connectivity index (χ2v) is 5.32. The summed E-state index contributed by atoms with van der Waals surface area (Å²) in [5, 5.41) is 11.4. The van der Waals surface area contributed by atoms with Crippen molar-refractivity contribution in [2.24, 2.45) is 7.05 Å². The zero-order valence-electron chi connectivity index (χ0n) is 13.3. The molecule has 3 heterocycles. The maximum Gasteiger partial charge on any atom is 0.270 e. The standard InChI is InChI=1S/C16H18N6O/c1-11(20-16(23)14-7-9-18-21(14)3)13-10-19-22(12(13)2)15-6-4-5-8-17-15/h4-11H,1-3H3,(H,20,23)/t11-/m1/s1. The quantitative estimate of drug-likeness (QED) is 0.797. The highest BCUT2D eigenvalue weighted by Gasteiger charge is 2.18. The van der Waals surface area contributed by atoms with Gasteiger partial charge in [-0.1, -0.05) is 6.07 Å². The molecule has 1 amide bonds. The van der Waals surface area contributed by atoms with Crippen LogP contribution in [0.15, 0.2) is 42.9 Å². The molecule has 0 aliphatic rings. The number of aromatic nitrogens is 5. The van der Waals surface area contributed by atoms with Gasteiger partial charge in [-0.3, -0.25) is 9.48 Å². The molecule has 7 nitrogen and oxygen atoms in total. The highest BCUT2D eigenvalue weighted by Crippen LogP contribution is 2.19. The summed E-state index contributed by atoms with van der Waals surface area (Å²) in [4.78, 5) is 16.6. The molecule has 0 aromatic carbocycles. The lowest BCUT2D eigenvalue weighted by molar-refractivity contribution is 0.0930. The van der Waals surface area contributed by atoms with Crippen LogP contribution >= 0.6 is 0 Å². The van der Waals surface area contributed by atoms with E-state index in [1.165, 1.54) is 0 Å². The zero-order chi connectivity index (χ0) is 16.4. The van der Waals surface area contributed by atoms with Gasteiger partial charge in [-0.15, -0.1) is 0 Å². The Bertz CT molecular complexity index is 820. The number of pyridine rings is 1. The summed E-state index contributed by atoms with van der Waals surface area (Å²) < 4.78 is 3.31. The average molecular weight is 310 g/mol. The minimum absolute atomic E-state index is 0.164. The van der Waals surface area contributed by atoms with Gasteiger partial charge in [-0.25, -0.2) is 9.67 Å². The van der Waals surface area contributed by atoms with E-state index in [0.29, 0.717) is 5.69 Å². The fraction of sp³-hybridized carbons (Fsp3) is 0.250. The zero-order valence-corrected chi connectivity index (χ0v) is 13.3. The van der Waals surface area contributed by atoms with Crippen molar-refractivity contribution < 1.29 is 4.79 Å². The number of nitrogens with one attached hydrogen (secondary N) is 1. The Kier molecular flexibility index (Phi) is 3.92. The van der Waals surface area contributed by atoms with Gasteiger partial charge in [-0.05, 0) is 32.0 Å². The van der Waals surface area contributed by atoms with Crippen molar-refractivity contribution in [1.82, 2.24) is 29.9 Å². The first-order valence-corrected chi connectivity index (χ1v) is 7.32. The molecule has 1 N–H and O–H groups in total. The van der Waals surface area contributed by atoms with Gasteiger partial charge in [0.05, 0.1) is 12.2 Å². The van der Waals surface area contributed by atoms with E-state index in [9.17, 15) is 4.79 Å². The van der Waals surface area contributed by atoms with E-state index >= 15 is 0 Å². The molecule has 0 saturated heterocycles. The third kappa shape index (κ3) is 2.85. The molecular weight excluding hydrogens is 292 g/mol. The molecule has 7 heteroatoms. The van der Waals surface area contributed by atoms with Gasteiger partial charge in [0.15, 0.2) is 5.82 Å². The van der Waals surface area contributed by atoms with Crippen LogP contribution in [0.2, 0.25) is 0 Å². The average Bonchev–Trinajstić information content (AvgIpc) is 3.14. The van der Waals surface area contributed by atoms with Crippen LogP contribution in [0.3, 0.4) is 0 Å². The predicted molar refractivity (Wildman–Crippen MR) is 85.2 cm³/mol. The van der Waals surface area contributed by atoms with Gasteiger partial charge in [0.2, 0.25) is 0 Å². The number of carbonyl (C=O) groups is 1. The van der Waals surface area contributed by atoms with Crippen LogP contribution in [-0.2, 0) is 7.05 Å². The van der Waals surface area contributed by atoms with Gasteiger partial charge < -0.3 is 5.32 Å².